The molecule has 1 aliphatic heterocycles. The lowest BCUT2D eigenvalue weighted by Crippen LogP contribution is -2.48. The molecule has 0 amide bonds. The van der Waals surface area contributed by atoms with Crippen LogP contribution in [0, 0.1) is 0 Å². The first-order valence-electron chi connectivity index (χ1n) is 9.99. The molecule has 1 fully saturated rings. The minimum absolute atomic E-state index is 0.317. The molecule has 0 spiro atoms. The third-order valence-corrected chi connectivity index (χ3v) is 4.90. The monoisotopic (exact) mass is 382 g/mol. The van der Waals surface area contributed by atoms with Gasteiger partial charge in [0.2, 0.25) is 0 Å². The summed E-state index contributed by atoms with van der Waals surface area (Å²) in [6.45, 7) is 6.12. The smallest absolute Gasteiger partial charge is 0.191 e. The SMILES string of the molecule is CCNC(=NCC(O)c1ccncc1)NC1CCN(Cc2ccccn2)CC1. The van der Waals surface area contributed by atoms with Crippen LogP contribution in [0.25, 0.3) is 0 Å². The predicted octanol–water partition coefficient (Wildman–Crippen LogP) is 1.73. The third kappa shape index (κ3) is 6.28. The highest BCUT2D eigenvalue weighted by Crippen LogP contribution is 2.14. The number of aromatic nitrogens is 2. The van der Waals surface area contributed by atoms with Crippen LogP contribution < -0.4 is 10.6 Å². The van der Waals surface area contributed by atoms with Crippen molar-refractivity contribution >= 4 is 5.96 Å². The highest BCUT2D eigenvalue weighted by atomic mass is 16.3. The van der Waals surface area contributed by atoms with Gasteiger partial charge in [-0.2, -0.15) is 0 Å². The average molecular weight is 383 g/mol. The second kappa shape index (κ2) is 10.7. The van der Waals surface area contributed by atoms with E-state index in [1.165, 1.54) is 0 Å². The summed E-state index contributed by atoms with van der Waals surface area (Å²) in [4.78, 5) is 15.4. The molecule has 3 heterocycles. The van der Waals surface area contributed by atoms with Crippen molar-refractivity contribution in [2.75, 3.05) is 26.2 Å². The largest absolute Gasteiger partial charge is 0.386 e. The summed E-state index contributed by atoms with van der Waals surface area (Å²) in [5.74, 6) is 0.763. The summed E-state index contributed by atoms with van der Waals surface area (Å²) >= 11 is 0. The maximum absolute atomic E-state index is 10.3. The molecule has 2 aromatic heterocycles. The summed E-state index contributed by atoms with van der Waals surface area (Å²) in [5, 5.41) is 17.1. The van der Waals surface area contributed by atoms with E-state index in [2.05, 4.69) is 36.6 Å². The van der Waals surface area contributed by atoms with Crippen LogP contribution in [-0.4, -0.2) is 58.2 Å². The number of pyridine rings is 2. The van der Waals surface area contributed by atoms with Crippen molar-refractivity contribution in [1.29, 1.82) is 0 Å². The van der Waals surface area contributed by atoms with Crippen LogP contribution in [0.5, 0.6) is 0 Å². The lowest BCUT2D eigenvalue weighted by Gasteiger charge is -2.32. The number of aliphatic hydroxyl groups is 1. The molecule has 2 aromatic rings. The summed E-state index contributed by atoms with van der Waals surface area (Å²) in [5.41, 5.74) is 1.95. The number of nitrogens with one attached hydrogen (secondary N) is 2. The van der Waals surface area contributed by atoms with Gasteiger partial charge in [-0.1, -0.05) is 6.07 Å². The van der Waals surface area contributed by atoms with E-state index in [1.54, 1.807) is 12.4 Å². The van der Waals surface area contributed by atoms with E-state index in [9.17, 15) is 5.11 Å². The summed E-state index contributed by atoms with van der Waals surface area (Å²) in [6, 6.07) is 10.1. The maximum atomic E-state index is 10.3. The molecule has 0 aromatic carbocycles. The van der Waals surface area contributed by atoms with Gasteiger partial charge < -0.3 is 15.7 Å². The Balaban J connectivity index is 1.48. The Hall–Kier alpha value is -2.51. The van der Waals surface area contributed by atoms with Gasteiger partial charge in [0.1, 0.15) is 0 Å². The Labute approximate surface area is 166 Å². The van der Waals surface area contributed by atoms with Gasteiger partial charge in [0.25, 0.3) is 0 Å². The minimum atomic E-state index is -0.626. The van der Waals surface area contributed by atoms with Crippen molar-refractivity contribution in [3.63, 3.8) is 0 Å². The normalized spacial score (nSPS) is 17.3. The van der Waals surface area contributed by atoms with Crippen molar-refractivity contribution in [3.8, 4) is 0 Å². The average Bonchev–Trinajstić information content (AvgIpc) is 2.75. The van der Waals surface area contributed by atoms with Crippen LogP contribution in [0.2, 0.25) is 0 Å². The molecule has 0 aliphatic carbocycles. The fourth-order valence-electron chi connectivity index (χ4n) is 3.34. The minimum Gasteiger partial charge on any atom is -0.386 e. The van der Waals surface area contributed by atoms with Gasteiger partial charge in [0.05, 0.1) is 18.3 Å². The van der Waals surface area contributed by atoms with Crippen molar-refractivity contribution in [2.45, 2.75) is 38.5 Å². The van der Waals surface area contributed by atoms with E-state index in [0.717, 1.165) is 56.2 Å². The van der Waals surface area contributed by atoms with Crippen molar-refractivity contribution in [1.82, 2.24) is 25.5 Å². The van der Waals surface area contributed by atoms with E-state index in [0.29, 0.717) is 12.6 Å². The number of nitrogens with zero attached hydrogens (tertiary/aromatic N) is 4. The fourth-order valence-corrected chi connectivity index (χ4v) is 3.34. The predicted molar refractivity (Wildman–Crippen MR) is 111 cm³/mol. The van der Waals surface area contributed by atoms with Crippen LogP contribution in [0.1, 0.15) is 37.1 Å². The number of hydrogen-bond donors (Lipinski definition) is 3. The second-order valence-electron chi connectivity index (χ2n) is 7.03. The first kappa shape index (κ1) is 20.2. The Kier molecular flexibility index (Phi) is 7.75. The molecule has 0 bridgehead atoms. The molecule has 7 heteroatoms. The fraction of sp³-hybridized carbons (Fsp3) is 0.476. The van der Waals surface area contributed by atoms with Crippen molar-refractivity contribution in [2.24, 2.45) is 4.99 Å². The first-order valence-corrected chi connectivity index (χ1v) is 9.99. The van der Waals surface area contributed by atoms with E-state index < -0.39 is 6.10 Å². The highest BCUT2D eigenvalue weighted by molar-refractivity contribution is 5.80. The van der Waals surface area contributed by atoms with Crippen LogP contribution in [0.15, 0.2) is 53.9 Å². The molecule has 1 aliphatic rings. The Morgan fingerprint density at radius 2 is 2.00 bits per heavy atom. The highest BCUT2D eigenvalue weighted by Gasteiger charge is 2.20. The maximum Gasteiger partial charge on any atom is 0.191 e. The number of aliphatic imine (C=N–C) groups is 1. The van der Waals surface area contributed by atoms with Gasteiger partial charge in [0, 0.05) is 50.8 Å². The molecule has 1 unspecified atom stereocenters. The van der Waals surface area contributed by atoms with Gasteiger partial charge in [-0.05, 0) is 49.6 Å². The molecule has 0 saturated carbocycles. The second-order valence-corrected chi connectivity index (χ2v) is 7.03. The molecule has 1 saturated heterocycles. The Morgan fingerprint density at radius 3 is 2.68 bits per heavy atom. The van der Waals surface area contributed by atoms with Crippen molar-refractivity contribution < 1.29 is 5.11 Å². The zero-order valence-corrected chi connectivity index (χ0v) is 16.5. The lowest BCUT2D eigenvalue weighted by molar-refractivity contribution is 0.186. The van der Waals surface area contributed by atoms with Gasteiger partial charge >= 0.3 is 0 Å². The third-order valence-electron chi connectivity index (χ3n) is 4.90. The van der Waals surface area contributed by atoms with E-state index in [1.807, 2.05) is 37.4 Å². The zero-order chi connectivity index (χ0) is 19.6. The van der Waals surface area contributed by atoms with E-state index in [4.69, 9.17) is 0 Å². The zero-order valence-electron chi connectivity index (χ0n) is 16.5. The van der Waals surface area contributed by atoms with Crippen LogP contribution in [0.4, 0.5) is 0 Å². The number of hydrogen-bond acceptors (Lipinski definition) is 5. The van der Waals surface area contributed by atoms with Gasteiger partial charge in [-0.25, -0.2) is 0 Å². The molecule has 0 radical (unpaired) electrons. The Morgan fingerprint density at radius 1 is 1.21 bits per heavy atom. The van der Waals surface area contributed by atoms with Gasteiger partial charge in [0.15, 0.2) is 5.96 Å². The van der Waals surface area contributed by atoms with E-state index >= 15 is 0 Å². The topological polar surface area (TPSA) is 85.7 Å². The summed E-state index contributed by atoms with van der Waals surface area (Å²) in [7, 11) is 0. The van der Waals surface area contributed by atoms with E-state index in [-0.39, 0.29) is 0 Å². The number of aliphatic hydroxyl groups excluding tert-OH is 1. The number of piperidine rings is 1. The summed E-state index contributed by atoms with van der Waals surface area (Å²) in [6.07, 6.45) is 6.71. The van der Waals surface area contributed by atoms with Crippen LogP contribution in [-0.2, 0) is 6.54 Å². The number of guanidine groups is 1. The van der Waals surface area contributed by atoms with Gasteiger partial charge in [-0.3, -0.25) is 19.9 Å². The molecule has 3 N–H and O–H groups in total. The molecule has 3 rings (SSSR count). The Bertz CT molecular complexity index is 716. The number of rotatable bonds is 7. The standard InChI is InChI=1S/C21H30N6O/c1-2-23-21(25-15-20(28)17-6-11-22-12-7-17)26-18-8-13-27(14-9-18)16-19-5-3-4-10-24-19/h3-7,10-12,18,20,28H,2,8-9,13-16H2,1H3,(H2,23,25,26). The van der Waals surface area contributed by atoms with Gasteiger partial charge in [-0.15, -0.1) is 0 Å². The van der Waals surface area contributed by atoms with Crippen LogP contribution >= 0.6 is 0 Å². The molecule has 7 nitrogen and oxygen atoms in total. The quantitative estimate of drug-likeness (QED) is 0.500. The van der Waals surface area contributed by atoms with Crippen LogP contribution in [0.3, 0.4) is 0 Å². The lowest BCUT2D eigenvalue weighted by atomic mass is 10.0. The number of likely N-dealkylation sites (tertiary alicyclic amines) is 1. The van der Waals surface area contributed by atoms with Crippen molar-refractivity contribution in [3.05, 3.63) is 60.2 Å². The molecule has 28 heavy (non-hydrogen) atoms. The molecular formula is C21H30N6O. The molecule has 1 atom stereocenters. The molecule has 150 valence electrons. The summed E-state index contributed by atoms with van der Waals surface area (Å²) < 4.78 is 0. The molecular weight excluding hydrogens is 352 g/mol. The first-order chi connectivity index (χ1) is 13.7.